The van der Waals surface area contributed by atoms with E-state index in [1.165, 1.54) is 12.1 Å². The van der Waals surface area contributed by atoms with Crippen LogP contribution in [0.2, 0.25) is 0 Å². The van der Waals surface area contributed by atoms with E-state index in [9.17, 15) is 13.2 Å². The Kier molecular flexibility index (Phi) is 4.84. The number of rotatable bonds is 4. The predicted molar refractivity (Wildman–Crippen MR) is 64.6 cm³/mol. The van der Waals surface area contributed by atoms with Crippen molar-refractivity contribution in [1.29, 1.82) is 0 Å². The van der Waals surface area contributed by atoms with E-state index in [2.05, 4.69) is 4.99 Å². The molecule has 0 spiro atoms. The third kappa shape index (κ3) is 3.80. The highest BCUT2D eigenvalue weighted by molar-refractivity contribution is 6.28. The van der Waals surface area contributed by atoms with Gasteiger partial charge in [-0.3, -0.25) is 0 Å². The minimum Gasteiger partial charge on any atom is -0.493 e. The maximum Gasteiger partial charge on any atom is 0.420 e. The molecule has 3 nitrogen and oxygen atoms in total. The van der Waals surface area contributed by atoms with Crippen LogP contribution < -0.4 is 10.5 Å². The molecule has 0 saturated carbocycles. The summed E-state index contributed by atoms with van der Waals surface area (Å²) in [6, 6.07) is 3.48. The standard InChI is InChI=1S/C11H12ClF3N2O/c1-2-18-9-4-3-7(17-10(16)6-12)5-8(9)11(13,14)15/h3-5H,2,6H2,1H3,(H2,16,17). The van der Waals surface area contributed by atoms with E-state index in [0.29, 0.717) is 0 Å². The summed E-state index contributed by atoms with van der Waals surface area (Å²) in [6.07, 6.45) is -4.51. The monoisotopic (exact) mass is 280 g/mol. The van der Waals surface area contributed by atoms with Crippen LogP contribution >= 0.6 is 11.6 Å². The van der Waals surface area contributed by atoms with Gasteiger partial charge in [0.15, 0.2) is 0 Å². The van der Waals surface area contributed by atoms with Gasteiger partial charge < -0.3 is 10.5 Å². The lowest BCUT2D eigenvalue weighted by molar-refractivity contribution is -0.138. The van der Waals surface area contributed by atoms with Crippen molar-refractivity contribution < 1.29 is 17.9 Å². The van der Waals surface area contributed by atoms with Gasteiger partial charge in [0.25, 0.3) is 0 Å². The smallest absolute Gasteiger partial charge is 0.420 e. The number of ether oxygens (including phenoxy) is 1. The molecule has 0 atom stereocenters. The van der Waals surface area contributed by atoms with Crippen molar-refractivity contribution in [2.45, 2.75) is 13.1 Å². The van der Waals surface area contributed by atoms with Crippen LogP contribution in [-0.4, -0.2) is 18.3 Å². The van der Waals surface area contributed by atoms with Crippen LogP contribution in [0.3, 0.4) is 0 Å². The molecule has 0 bridgehead atoms. The number of hydrogen-bond donors (Lipinski definition) is 1. The maximum absolute atomic E-state index is 12.8. The Bertz CT molecular complexity index is 446. The lowest BCUT2D eigenvalue weighted by Gasteiger charge is -2.13. The molecule has 7 heteroatoms. The normalized spacial score (nSPS) is 12.6. The maximum atomic E-state index is 12.8. The van der Waals surface area contributed by atoms with Gasteiger partial charge in [-0.1, -0.05) is 0 Å². The summed E-state index contributed by atoms with van der Waals surface area (Å²) in [4.78, 5) is 3.76. The fourth-order valence-electron chi connectivity index (χ4n) is 1.29. The summed E-state index contributed by atoms with van der Waals surface area (Å²) in [7, 11) is 0. The van der Waals surface area contributed by atoms with Crippen molar-refractivity contribution in [3.63, 3.8) is 0 Å². The highest BCUT2D eigenvalue weighted by Crippen LogP contribution is 2.38. The molecule has 0 aliphatic heterocycles. The minimum atomic E-state index is -4.51. The molecule has 1 rings (SSSR count). The van der Waals surface area contributed by atoms with Crippen molar-refractivity contribution in [3.05, 3.63) is 23.8 Å². The molecular weight excluding hydrogens is 269 g/mol. The fraction of sp³-hybridized carbons (Fsp3) is 0.364. The molecular formula is C11H12ClF3N2O. The topological polar surface area (TPSA) is 47.6 Å². The average Bonchev–Trinajstić information content (AvgIpc) is 2.30. The Labute approximate surface area is 107 Å². The Balaban J connectivity index is 3.21. The van der Waals surface area contributed by atoms with E-state index in [-0.39, 0.29) is 29.8 Å². The fourth-order valence-corrected chi connectivity index (χ4v) is 1.35. The molecule has 0 radical (unpaired) electrons. The number of hydrogen-bond acceptors (Lipinski definition) is 2. The second-order valence-electron chi connectivity index (χ2n) is 3.35. The Morgan fingerprint density at radius 2 is 2.11 bits per heavy atom. The van der Waals surface area contributed by atoms with Crippen LogP contribution in [-0.2, 0) is 6.18 Å². The lowest BCUT2D eigenvalue weighted by Crippen LogP contribution is -2.12. The zero-order valence-corrected chi connectivity index (χ0v) is 10.3. The molecule has 0 heterocycles. The molecule has 0 unspecified atom stereocenters. The zero-order chi connectivity index (χ0) is 13.8. The van der Waals surface area contributed by atoms with E-state index < -0.39 is 11.7 Å². The molecule has 2 N–H and O–H groups in total. The van der Waals surface area contributed by atoms with E-state index >= 15 is 0 Å². The SMILES string of the molecule is CCOc1ccc(N=C(N)CCl)cc1C(F)(F)F. The summed E-state index contributed by atoms with van der Waals surface area (Å²) < 4.78 is 43.3. The van der Waals surface area contributed by atoms with Crippen molar-refractivity contribution in [2.75, 3.05) is 12.5 Å². The summed E-state index contributed by atoms with van der Waals surface area (Å²) in [5.74, 6) is -0.225. The molecule has 1 aromatic carbocycles. The van der Waals surface area contributed by atoms with E-state index in [4.69, 9.17) is 22.1 Å². The molecule has 100 valence electrons. The molecule has 0 fully saturated rings. The van der Waals surface area contributed by atoms with Crippen LogP contribution in [0.25, 0.3) is 0 Å². The van der Waals surface area contributed by atoms with Gasteiger partial charge in [-0.25, -0.2) is 4.99 Å². The van der Waals surface area contributed by atoms with E-state index in [1.807, 2.05) is 0 Å². The number of nitrogens with two attached hydrogens (primary N) is 1. The van der Waals surface area contributed by atoms with Crippen molar-refractivity contribution >= 4 is 23.1 Å². The minimum absolute atomic E-state index is 0.0471. The largest absolute Gasteiger partial charge is 0.493 e. The molecule has 18 heavy (non-hydrogen) atoms. The Morgan fingerprint density at radius 1 is 1.44 bits per heavy atom. The first-order valence-electron chi connectivity index (χ1n) is 5.11. The number of benzene rings is 1. The van der Waals surface area contributed by atoms with Crippen LogP contribution in [0.1, 0.15) is 12.5 Å². The Morgan fingerprint density at radius 3 is 2.61 bits per heavy atom. The molecule has 0 saturated heterocycles. The van der Waals surface area contributed by atoms with Gasteiger partial charge >= 0.3 is 6.18 Å². The third-order valence-electron chi connectivity index (χ3n) is 1.98. The molecule has 0 aliphatic carbocycles. The second kappa shape index (κ2) is 5.95. The van der Waals surface area contributed by atoms with Gasteiger partial charge in [0.05, 0.1) is 23.7 Å². The average molecular weight is 281 g/mol. The van der Waals surface area contributed by atoms with Gasteiger partial charge in [0.2, 0.25) is 0 Å². The van der Waals surface area contributed by atoms with Crippen LogP contribution in [0.15, 0.2) is 23.2 Å². The lowest BCUT2D eigenvalue weighted by atomic mass is 10.1. The van der Waals surface area contributed by atoms with Crippen LogP contribution in [0.5, 0.6) is 5.75 Å². The first kappa shape index (κ1) is 14.6. The van der Waals surface area contributed by atoms with Gasteiger partial charge in [-0.2, -0.15) is 13.2 Å². The first-order valence-corrected chi connectivity index (χ1v) is 5.65. The van der Waals surface area contributed by atoms with E-state index in [1.54, 1.807) is 6.92 Å². The van der Waals surface area contributed by atoms with Crippen molar-refractivity contribution in [3.8, 4) is 5.75 Å². The summed E-state index contributed by atoms with van der Waals surface area (Å²) in [6.45, 7) is 1.76. The quantitative estimate of drug-likeness (QED) is 0.522. The third-order valence-corrected chi connectivity index (χ3v) is 2.25. The Hall–Kier alpha value is -1.43. The summed E-state index contributed by atoms with van der Waals surface area (Å²) in [5, 5.41) is 0. The summed E-state index contributed by atoms with van der Waals surface area (Å²) >= 11 is 5.41. The second-order valence-corrected chi connectivity index (χ2v) is 3.62. The van der Waals surface area contributed by atoms with Crippen LogP contribution in [0.4, 0.5) is 18.9 Å². The predicted octanol–water partition coefficient (Wildman–Crippen LogP) is 3.33. The van der Waals surface area contributed by atoms with Gasteiger partial charge in [0.1, 0.15) is 11.6 Å². The number of nitrogens with zero attached hydrogens (tertiary/aromatic N) is 1. The van der Waals surface area contributed by atoms with Gasteiger partial charge in [-0.05, 0) is 25.1 Å². The summed E-state index contributed by atoms with van der Waals surface area (Å²) in [5.41, 5.74) is 4.57. The van der Waals surface area contributed by atoms with Crippen molar-refractivity contribution in [1.82, 2.24) is 0 Å². The highest BCUT2D eigenvalue weighted by Gasteiger charge is 2.34. The number of alkyl halides is 4. The molecule has 0 aromatic heterocycles. The van der Waals surface area contributed by atoms with Crippen LogP contribution in [0, 0.1) is 0 Å². The van der Waals surface area contributed by atoms with E-state index in [0.717, 1.165) is 6.07 Å². The molecule has 1 aromatic rings. The highest BCUT2D eigenvalue weighted by atomic mass is 35.5. The first-order chi connectivity index (χ1) is 8.38. The number of amidine groups is 1. The number of halogens is 4. The van der Waals surface area contributed by atoms with Crippen molar-refractivity contribution in [2.24, 2.45) is 10.7 Å². The molecule has 0 amide bonds. The van der Waals surface area contributed by atoms with Gasteiger partial charge in [0, 0.05) is 0 Å². The molecule has 0 aliphatic rings. The van der Waals surface area contributed by atoms with Gasteiger partial charge in [-0.15, -0.1) is 11.6 Å². The number of aliphatic imine (C=N–C) groups is 1. The zero-order valence-electron chi connectivity index (χ0n) is 9.59.